The molecule has 1 aliphatic carbocycles. The quantitative estimate of drug-likeness (QED) is 0.635. The number of amides is 1. The molecule has 0 bridgehead atoms. The van der Waals surface area contributed by atoms with Crippen LogP contribution < -0.4 is 19.1 Å². The van der Waals surface area contributed by atoms with Crippen LogP contribution >= 0.6 is 11.6 Å². The van der Waals surface area contributed by atoms with Crippen molar-refractivity contribution in [3.05, 3.63) is 47.5 Å². The van der Waals surface area contributed by atoms with Gasteiger partial charge in [0.25, 0.3) is 10.0 Å². The molecule has 0 radical (unpaired) electrons. The summed E-state index contributed by atoms with van der Waals surface area (Å²) in [5.74, 6) is 0.353. The predicted molar refractivity (Wildman–Crippen MR) is 121 cm³/mol. The fourth-order valence-corrected chi connectivity index (χ4v) is 5.24. The number of carbonyl (C=O) groups is 1. The lowest BCUT2D eigenvalue weighted by Gasteiger charge is -2.27. The van der Waals surface area contributed by atoms with E-state index < -0.39 is 10.0 Å². The van der Waals surface area contributed by atoms with Crippen LogP contribution in [0.3, 0.4) is 0 Å². The summed E-state index contributed by atoms with van der Waals surface area (Å²) in [5, 5.41) is 3.45. The van der Waals surface area contributed by atoms with Crippen LogP contribution in [0, 0.1) is 0 Å². The number of methoxy groups -OCH3 is 2. The number of nitrogens with one attached hydrogen (secondary N) is 1. The first kappa shape index (κ1) is 23.2. The van der Waals surface area contributed by atoms with Gasteiger partial charge in [0, 0.05) is 17.1 Å². The number of hydrogen-bond acceptors (Lipinski definition) is 5. The Morgan fingerprint density at radius 1 is 1.03 bits per heavy atom. The summed E-state index contributed by atoms with van der Waals surface area (Å²) in [6.07, 6.45) is 5.12. The Morgan fingerprint density at radius 2 is 1.68 bits per heavy atom. The van der Waals surface area contributed by atoms with Crippen molar-refractivity contribution in [2.45, 2.75) is 43.0 Å². The van der Waals surface area contributed by atoms with Crippen LogP contribution in [0.15, 0.2) is 47.4 Å². The van der Waals surface area contributed by atoms with Crippen molar-refractivity contribution in [1.29, 1.82) is 0 Å². The van der Waals surface area contributed by atoms with Crippen LogP contribution in [0.5, 0.6) is 11.5 Å². The molecule has 1 fully saturated rings. The zero-order chi connectivity index (χ0) is 22.4. The summed E-state index contributed by atoms with van der Waals surface area (Å²) in [6, 6.07) is 10.8. The fraction of sp³-hybridized carbons (Fsp3) is 0.409. The van der Waals surface area contributed by atoms with Gasteiger partial charge >= 0.3 is 0 Å². The Balaban J connectivity index is 1.93. The lowest BCUT2D eigenvalue weighted by molar-refractivity contribution is -0.120. The minimum absolute atomic E-state index is 0.00873. The minimum atomic E-state index is -4.07. The van der Waals surface area contributed by atoms with E-state index in [1.54, 1.807) is 24.3 Å². The number of benzene rings is 2. The number of halogens is 1. The third kappa shape index (κ3) is 5.62. The zero-order valence-corrected chi connectivity index (χ0v) is 19.2. The van der Waals surface area contributed by atoms with Gasteiger partial charge in [0.1, 0.15) is 6.54 Å². The standard InChI is InChI=1S/C22H27ClN2O5S/c1-29-20-13-12-19(14-21(20)30-2)31(27,28)25(18-10-8-16(23)9-11-18)15-22(26)24-17-6-4-3-5-7-17/h8-14,17H,3-7,15H2,1-2H3,(H,24,26). The van der Waals surface area contributed by atoms with E-state index in [1.807, 2.05) is 0 Å². The number of rotatable bonds is 8. The minimum Gasteiger partial charge on any atom is -0.493 e. The smallest absolute Gasteiger partial charge is 0.264 e. The van der Waals surface area contributed by atoms with E-state index in [0.29, 0.717) is 16.5 Å². The third-order valence-electron chi connectivity index (χ3n) is 5.32. The van der Waals surface area contributed by atoms with Crippen LogP contribution in [0.4, 0.5) is 5.69 Å². The van der Waals surface area contributed by atoms with Crippen molar-refractivity contribution in [1.82, 2.24) is 5.32 Å². The molecule has 168 valence electrons. The SMILES string of the molecule is COc1ccc(S(=O)(=O)N(CC(=O)NC2CCCCC2)c2ccc(Cl)cc2)cc1OC. The molecule has 2 aromatic carbocycles. The fourth-order valence-electron chi connectivity index (χ4n) is 3.68. The van der Waals surface area contributed by atoms with Gasteiger partial charge in [0.15, 0.2) is 11.5 Å². The van der Waals surface area contributed by atoms with Gasteiger partial charge in [-0.05, 0) is 49.2 Å². The van der Waals surface area contributed by atoms with E-state index in [2.05, 4.69) is 5.32 Å². The van der Waals surface area contributed by atoms with E-state index in [4.69, 9.17) is 21.1 Å². The second kappa shape index (κ2) is 10.2. The van der Waals surface area contributed by atoms with E-state index in [1.165, 1.54) is 32.4 Å². The largest absolute Gasteiger partial charge is 0.493 e. The van der Waals surface area contributed by atoms with Gasteiger partial charge in [-0.1, -0.05) is 30.9 Å². The molecule has 2 aromatic rings. The Morgan fingerprint density at radius 3 is 2.29 bits per heavy atom. The van der Waals surface area contributed by atoms with Crippen molar-refractivity contribution in [3.63, 3.8) is 0 Å². The van der Waals surface area contributed by atoms with Crippen LogP contribution in [0.2, 0.25) is 5.02 Å². The molecule has 0 spiro atoms. The first-order valence-corrected chi connectivity index (χ1v) is 12.0. The molecule has 0 heterocycles. The molecule has 1 N–H and O–H groups in total. The molecular formula is C22H27ClN2O5S. The van der Waals surface area contributed by atoms with Crippen molar-refractivity contribution >= 4 is 33.2 Å². The molecule has 1 saturated carbocycles. The zero-order valence-electron chi connectivity index (χ0n) is 17.6. The van der Waals surface area contributed by atoms with Crippen LogP contribution in [-0.4, -0.2) is 41.1 Å². The summed E-state index contributed by atoms with van der Waals surface area (Å²) < 4.78 is 38.6. The number of ether oxygens (including phenoxy) is 2. The number of hydrogen-bond donors (Lipinski definition) is 1. The lowest BCUT2D eigenvalue weighted by Crippen LogP contribution is -2.44. The molecule has 1 aliphatic rings. The van der Waals surface area contributed by atoms with Gasteiger partial charge in [-0.25, -0.2) is 8.42 Å². The lowest BCUT2D eigenvalue weighted by atomic mass is 9.95. The molecule has 0 atom stereocenters. The molecule has 0 saturated heterocycles. The summed E-state index contributed by atoms with van der Waals surface area (Å²) in [7, 11) is -1.16. The van der Waals surface area contributed by atoms with Gasteiger partial charge in [-0.3, -0.25) is 9.10 Å². The first-order valence-electron chi connectivity index (χ1n) is 10.1. The van der Waals surface area contributed by atoms with Crippen molar-refractivity contribution in [3.8, 4) is 11.5 Å². The molecule has 9 heteroatoms. The summed E-state index contributed by atoms with van der Waals surface area (Å²) in [4.78, 5) is 12.8. The predicted octanol–water partition coefficient (Wildman–Crippen LogP) is 4.00. The average Bonchev–Trinajstić information content (AvgIpc) is 2.78. The van der Waals surface area contributed by atoms with Crippen molar-refractivity contribution in [2.75, 3.05) is 25.1 Å². The Kier molecular flexibility index (Phi) is 7.67. The maximum absolute atomic E-state index is 13.5. The highest BCUT2D eigenvalue weighted by atomic mass is 35.5. The number of carbonyl (C=O) groups excluding carboxylic acids is 1. The second-order valence-corrected chi connectivity index (χ2v) is 9.71. The number of sulfonamides is 1. The Labute approximate surface area is 188 Å². The summed E-state index contributed by atoms with van der Waals surface area (Å²) in [5.41, 5.74) is 0.345. The van der Waals surface area contributed by atoms with Gasteiger partial charge in [0.05, 0.1) is 24.8 Å². The van der Waals surface area contributed by atoms with Gasteiger partial charge < -0.3 is 14.8 Å². The average molecular weight is 467 g/mol. The van der Waals surface area contributed by atoms with Crippen LogP contribution in [0.1, 0.15) is 32.1 Å². The molecule has 1 amide bonds. The van der Waals surface area contributed by atoms with Gasteiger partial charge in [-0.2, -0.15) is 0 Å². The number of anilines is 1. The van der Waals surface area contributed by atoms with E-state index in [0.717, 1.165) is 36.4 Å². The highest BCUT2D eigenvalue weighted by Gasteiger charge is 2.29. The van der Waals surface area contributed by atoms with E-state index >= 15 is 0 Å². The van der Waals surface area contributed by atoms with Crippen LogP contribution in [0.25, 0.3) is 0 Å². The number of nitrogens with zero attached hydrogens (tertiary/aromatic N) is 1. The molecule has 0 unspecified atom stereocenters. The third-order valence-corrected chi connectivity index (χ3v) is 7.34. The van der Waals surface area contributed by atoms with Gasteiger partial charge in [-0.15, -0.1) is 0 Å². The first-order chi connectivity index (χ1) is 14.8. The van der Waals surface area contributed by atoms with Crippen LogP contribution in [-0.2, 0) is 14.8 Å². The highest BCUT2D eigenvalue weighted by Crippen LogP contribution is 2.32. The topological polar surface area (TPSA) is 84.9 Å². The molecule has 0 aliphatic heterocycles. The second-order valence-electron chi connectivity index (χ2n) is 7.41. The molecule has 31 heavy (non-hydrogen) atoms. The maximum Gasteiger partial charge on any atom is 0.264 e. The molecule has 3 rings (SSSR count). The van der Waals surface area contributed by atoms with E-state index in [-0.39, 0.29) is 29.1 Å². The monoisotopic (exact) mass is 466 g/mol. The van der Waals surface area contributed by atoms with E-state index in [9.17, 15) is 13.2 Å². The molecule has 7 nitrogen and oxygen atoms in total. The summed E-state index contributed by atoms with van der Waals surface area (Å²) >= 11 is 5.98. The molecular weight excluding hydrogens is 440 g/mol. The van der Waals surface area contributed by atoms with Crippen molar-refractivity contribution < 1.29 is 22.7 Å². The van der Waals surface area contributed by atoms with Crippen molar-refractivity contribution in [2.24, 2.45) is 0 Å². The Hall–Kier alpha value is -2.45. The highest BCUT2D eigenvalue weighted by molar-refractivity contribution is 7.92. The summed E-state index contributed by atoms with van der Waals surface area (Å²) in [6.45, 7) is -0.338. The van der Waals surface area contributed by atoms with Gasteiger partial charge in [0.2, 0.25) is 5.91 Å². The Bertz CT molecular complexity index is 1010. The normalized spacial score (nSPS) is 14.7. The maximum atomic E-state index is 13.5. The molecule has 0 aromatic heterocycles.